The molecule has 0 radical (unpaired) electrons. The largest absolute Gasteiger partial charge is 0.396 e. The third-order valence-corrected chi connectivity index (χ3v) is 3.25. The lowest BCUT2D eigenvalue weighted by Gasteiger charge is -2.25. The van der Waals surface area contributed by atoms with Gasteiger partial charge in [0.05, 0.1) is 0 Å². The van der Waals surface area contributed by atoms with E-state index in [2.05, 4.69) is 34.6 Å². The van der Waals surface area contributed by atoms with Crippen molar-refractivity contribution in [1.29, 1.82) is 0 Å². The van der Waals surface area contributed by atoms with Crippen LogP contribution in [0.15, 0.2) is 0 Å². The molecule has 14 heavy (non-hydrogen) atoms. The van der Waals surface area contributed by atoms with E-state index in [0.717, 1.165) is 6.42 Å². The maximum Gasteiger partial charge on any atom is 0.0459 e. The number of aliphatic hydroxyl groups is 1. The molecule has 1 heteroatoms. The molecule has 0 fully saturated rings. The molecule has 0 aliphatic heterocycles. The van der Waals surface area contributed by atoms with Crippen molar-refractivity contribution in [3.05, 3.63) is 0 Å². The summed E-state index contributed by atoms with van der Waals surface area (Å²) in [5, 5.41) is 9.24. The molecule has 1 unspecified atom stereocenters. The fourth-order valence-electron chi connectivity index (χ4n) is 1.72. The maximum atomic E-state index is 9.24. The Morgan fingerprint density at radius 2 is 1.79 bits per heavy atom. The summed E-state index contributed by atoms with van der Waals surface area (Å²) in [4.78, 5) is 0. The normalized spacial score (nSPS) is 14.8. The molecule has 0 heterocycles. The van der Waals surface area contributed by atoms with Crippen molar-refractivity contribution in [2.75, 3.05) is 6.61 Å². The first-order valence-electron chi connectivity index (χ1n) is 6.02. The first kappa shape index (κ1) is 14.0. The van der Waals surface area contributed by atoms with Gasteiger partial charge in [-0.15, -0.1) is 0 Å². The molecule has 0 saturated heterocycles. The molecule has 0 spiro atoms. The van der Waals surface area contributed by atoms with Crippen molar-refractivity contribution in [2.24, 2.45) is 17.3 Å². The molecule has 0 saturated carbocycles. The smallest absolute Gasteiger partial charge is 0.0459 e. The van der Waals surface area contributed by atoms with Crippen LogP contribution >= 0.6 is 0 Å². The molecule has 1 atom stereocenters. The molecule has 1 nitrogen and oxygen atoms in total. The van der Waals surface area contributed by atoms with Gasteiger partial charge in [-0.05, 0) is 36.5 Å². The molecular formula is C13H28O. The van der Waals surface area contributed by atoms with Crippen LogP contribution in [-0.2, 0) is 0 Å². The zero-order valence-electron chi connectivity index (χ0n) is 10.6. The van der Waals surface area contributed by atoms with Gasteiger partial charge in [-0.2, -0.15) is 0 Å². The summed E-state index contributed by atoms with van der Waals surface area (Å²) in [6.07, 6.45) is 4.81. The second-order valence-corrected chi connectivity index (χ2v) is 5.73. The van der Waals surface area contributed by atoms with Crippen LogP contribution in [0.5, 0.6) is 0 Å². The SMILES string of the molecule is CCC(C)(C)CCC(CO)CC(C)C. The number of hydrogen-bond donors (Lipinski definition) is 1. The monoisotopic (exact) mass is 200 g/mol. The van der Waals surface area contributed by atoms with Gasteiger partial charge >= 0.3 is 0 Å². The van der Waals surface area contributed by atoms with Crippen LogP contribution in [0.2, 0.25) is 0 Å². The summed E-state index contributed by atoms with van der Waals surface area (Å²) in [5.74, 6) is 1.22. The second kappa shape index (κ2) is 6.44. The van der Waals surface area contributed by atoms with Crippen LogP contribution in [0.3, 0.4) is 0 Å². The van der Waals surface area contributed by atoms with E-state index in [9.17, 15) is 5.11 Å². The fraction of sp³-hybridized carbons (Fsp3) is 1.00. The van der Waals surface area contributed by atoms with Crippen molar-refractivity contribution in [3.8, 4) is 0 Å². The highest BCUT2D eigenvalue weighted by Gasteiger charge is 2.18. The van der Waals surface area contributed by atoms with Gasteiger partial charge in [-0.1, -0.05) is 41.0 Å². The lowest BCUT2D eigenvalue weighted by Crippen LogP contribution is -2.15. The predicted octanol–water partition coefficient (Wildman–Crippen LogP) is 3.86. The first-order valence-corrected chi connectivity index (χ1v) is 6.02. The van der Waals surface area contributed by atoms with Crippen molar-refractivity contribution in [3.63, 3.8) is 0 Å². The highest BCUT2D eigenvalue weighted by molar-refractivity contribution is 4.70. The van der Waals surface area contributed by atoms with E-state index in [1.165, 1.54) is 19.3 Å². The zero-order chi connectivity index (χ0) is 11.2. The van der Waals surface area contributed by atoms with Gasteiger partial charge in [0.2, 0.25) is 0 Å². The highest BCUT2D eigenvalue weighted by Crippen LogP contribution is 2.29. The maximum absolute atomic E-state index is 9.24. The number of aliphatic hydroxyl groups excluding tert-OH is 1. The summed E-state index contributed by atoms with van der Waals surface area (Å²) in [6.45, 7) is 11.7. The van der Waals surface area contributed by atoms with E-state index in [-0.39, 0.29) is 0 Å². The Labute approximate surface area is 89.9 Å². The lowest BCUT2D eigenvalue weighted by atomic mass is 9.81. The van der Waals surface area contributed by atoms with Crippen LogP contribution in [0.1, 0.15) is 60.3 Å². The minimum atomic E-state index is 0.359. The quantitative estimate of drug-likeness (QED) is 0.661. The average Bonchev–Trinajstić information content (AvgIpc) is 2.12. The predicted molar refractivity (Wildman–Crippen MR) is 63.3 cm³/mol. The molecule has 0 rings (SSSR count). The van der Waals surface area contributed by atoms with Crippen LogP contribution in [-0.4, -0.2) is 11.7 Å². The Hall–Kier alpha value is -0.0400. The van der Waals surface area contributed by atoms with Crippen LogP contribution < -0.4 is 0 Å². The van der Waals surface area contributed by atoms with Gasteiger partial charge in [0.15, 0.2) is 0 Å². The van der Waals surface area contributed by atoms with Gasteiger partial charge in [-0.3, -0.25) is 0 Å². The van der Waals surface area contributed by atoms with Gasteiger partial charge < -0.3 is 5.11 Å². The van der Waals surface area contributed by atoms with E-state index in [4.69, 9.17) is 0 Å². The molecule has 0 aliphatic rings. The lowest BCUT2D eigenvalue weighted by molar-refractivity contribution is 0.176. The highest BCUT2D eigenvalue weighted by atomic mass is 16.3. The summed E-state index contributed by atoms with van der Waals surface area (Å²) >= 11 is 0. The molecule has 0 aliphatic carbocycles. The first-order chi connectivity index (χ1) is 6.41. The van der Waals surface area contributed by atoms with Gasteiger partial charge in [-0.25, -0.2) is 0 Å². The molecule has 0 aromatic rings. The molecule has 0 aromatic carbocycles. The second-order valence-electron chi connectivity index (χ2n) is 5.73. The van der Waals surface area contributed by atoms with E-state index in [1.807, 2.05) is 0 Å². The summed E-state index contributed by atoms with van der Waals surface area (Å²) in [5.41, 5.74) is 0.449. The van der Waals surface area contributed by atoms with Crippen molar-refractivity contribution in [2.45, 2.75) is 60.3 Å². The molecule has 1 N–H and O–H groups in total. The summed E-state index contributed by atoms with van der Waals surface area (Å²) in [7, 11) is 0. The molecular weight excluding hydrogens is 172 g/mol. The number of rotatable bonds is 7. The summed E-state index contributed by atoms with van der Waals surface area (Å²) in [6, 6.07) is 0. The molecule has 0 bridgehead atoms. The fourth-order valence-corrected chi connectivity index (χ4v) is 1.72. The van der Waals surface area contributed by atoms with Gasteiger partial charge in [0, 0.05) is 6.61 Å². The van der Waals surface area contributed by atoms with E-state index in [0.29, 0.717) is 23.9 Å². The number of hydrogen-bond acceptors (Lipinski definition) is 1. The molecule has 0 amide bonds. The Morgan fingerprint density at radius 1 is 1.21 bits per heavy atom. The molecule has 86 valence electrons. The minimum Gasteiger partial charge on any atom is -0.396 e. The van der Waals surface area contributed by atoms with Crippen LogP contribution in [0, 0.1) is 17.3 Å². The van der Waals surface area contributed by atoms with Crippen molar-refractivity contribution < 1.29 is 5.11 Å². The van der Waals surface area contributed by atoms with Crippen molar-refractivity contribution >= 4 is 0 Å². The van der Waals surface area contributed by atoms with Gasteiger partial charge in [0.1, 0.15) is 0 Å². The van der Waals surface area contributed by atoms with Crippen molar-refractivity contribution in [1.82, 2.24) is 0 Å². The summed E-state index contributed by atoms with van der Waals surface area (Å²) < 4.78 is 0. The minimum absolute atomic E-state index is 0.359. The average molecular weight is 200 g/mol. The van der Waals surface area contributed by atoms with Crippen LogP contribution in [0.4, 0.5) is 0 Å². The zero-order valence-corrected chi connectivity index (χ0v) is 10.6. The standard InChI is InChI=1S/C13H28O/c1-6-13(4,5)8-7-12(10-14)9-11(2)3/h11-12,14H,6-10H2,1-5H3. The van der Waals surface area contributed by atoms with Crippen LogP contribution in [0.25, 0.3) is 0 Å². The van der Waals surface area contributed by atoms with Gasteiger partial charge in [0.25, 0.3) is 0 Å². The van der Waals surface area contributed by atoms with E-state index >= 15 is 0 Å². The Balaban J connectivity index is 3.83. The Kier molecular flexibility index (Phi) is 6.43. The third-order valence-electron chi connectivity index (χ3n) is 3.25. The third kappa shape index (κ3) is 6.42. The Morgan fingerprint density at radius 3 is 2.14 bits per heavy atom. The topological polar surface area (TPSA) is 20.2 Å². The molecule has 0 aromatic heterocycles. The van der Waals surface area contributed by atoms with E-state index in [1.54, 1.807) is 0 Å². The Bertz CT molecular complexity index is 138. The van der Waals surface area contributed by atoms with E-state index < -0.39 is 0 Å².